The van der Waals surface area contributed by atoms with Crippen molar-refractivity contribution in [3.63, 3.8) is 0 Å². The fourth-order valence-corrected chi connectivity index (χ4v) is 3.57. The third kappa shape index (κ3) is 4.26. The molecule has 0 unspecified atom stereocenters. The second-order valence-corrected chi connectivity index (χ2v) is 8.35. The van der Waals surface area contributed by atoms with E-state index in [0.717, 1.165) is 12.8 Å². The number of fused-ring (bicyclic) bond motifs is 1. The zero-order valence-electron chi connectivity index (χ0n) is 17.1. The van der Waals surface area contributed by atoms with Crippen LogP contribution in [-0.4, -0.2) is 52.0 Å². The summed E-state index contributed by atoms with van der Waals surface area (Å²) in [5.41, 5.74) is -0.343. The van der Waals surface area contributed by atoms with Crippen LogP contribution in [0.2, 0.25) is 0 Å². The molecule has 2 aliphatic rings. The van der Waals surface area contributed by atoms with E-state index < -0.39 is 35.5 Å². The van der Waals surface area contributed by atoms with Gasteiger partial charge in [0.25, 0.3) is 11.8 Å². The van der Waals surface area contributed by atoms with E-state index in [0.29, 0.717) is 18.0 Å². The minimum Gasteiger partial charge on any atom is -0.444 e. The topological polar surface area (TPSA) is 93.2 Å². The average Bonchev–Trinajstić information content (AvgIpc) is 2.91. The number of amides is 3. The molecule has 1 fully saturated rings. The Kier molecular flexibility index (Phi) is 5.64. The second kappa shape index (κ2) is 7.85. The predicted octanol–water partition coefficient (Wildman–Crippen LogP) is 3.17. The molecule has 0 saturated carbocycles. The molecule has 1 aromatic carbocycles. The molecule has 1 saturated heterocycles. The molecule has 8 nitrogen and oxygen atoms in total. The molecule has 0 aliphatic carbocycles. The summed E-state index contributed by atoms with van der Waals surface area (Å²) >= 11 is 0. The molecule has 2 atom stereocenters. The van der Waals surface area contributed by atoms with E-state index in [1.165, 1.54) is 17.0 Å². The van der Waals surface area contributed by atoms with E-state index in [4.69, 9.17) is 9.57 Å². The summed E-state index contributed by atoms with van der Waals surface area (Å²) in [7, 11) is 0. The first-order valence-electron chi connectivity index (χ1n) is 9.81. The molecule has 0 radical (unpaired) electrons. The Bertz CT molecular complexity index is 809. The summed E-state index contributed by atoms with van der Waals surface area (Å²) in [4.78, 5) is 57.0. The van der Waals surface area contributed by atoms with Gasteiger partial charge in [0, 0.05) is 6.54 Å². The van der Waals surface area contributed by atoms with Crippen LogP contribution in [-0.2, 0) is 14.4 Å². The lowest BCUT2D eigenvalue weighted by Crippen LogP contribution is -2.53. The van der Waals surface area contributed by atoms with Crippen molar-refractivity contribution in [2.75, 3.05) is 6.54 Å². The maximum absolute atomic E-state index is 12.9. The first-order valence-corrected chi connectivity index (χ1v) is 9.81. The lowest BCUT2D eigenvalue weighted by molar-refractivity contribution is -0.176. The highest BCUT2D eigenvalue weighted by atomic mass is 16.7. The summed E-state index contributed by atoms with van der Waals surface area (Å²) in [5, 5.41) is 0.482. The summed E-state index contributed by atoms with van der Waals surface area (Å²) in [6.45, 7) is 7.59. The van der Waals surface area contributed by atoms with Crippen molar-refractivity contribution in [2.24, 2.45) is 5.92 Å². The molecule has 2 aliphatic heterocycles. The van der Waals surface area contributed by atoms with Gasteiger partial charge in [0.2, 0.25) is 0 Å². The normalized spacial score (nSPS) is 21.8. The number of ether oxygens (including phenoxy) is 1. The molecule has 3 amide bonds. The van der Waals surface area contributed by atoms with E-state index >= 15 is 0 Å². The summed E-state index contributed by atoms with van der Waals surface area (Å²) in [6, 6.07) is 5.35. The number of carbonyl (C=O) groups excluding carboxylic acids is 4. The van der Waals surface area contributed by atoms with Gasteiger partial charge in [-0.3, -0.25) is 14.5 Å². The number of nitrogens with zero attached hydrogens (tertiary/aromatic N) is 2. The monoisotopic (exact) mass is 402 g/mol. The quantitative estimate of drug-likeness (QED) is 0.721. The maximum atomic E-state index is 12.9. The highest BCUT2D eigenvalue weighted by Gasteiger charge is 2.43. The standard InChI is InChI=1S/C21H26N2O6/c1-5-13-10-11-22(20(27)28-21(2,3)4)16(12-13)19(26)29-23-17(24)14-8-6-7-9-15(14)18(23)25/h6-9,13,16H,5,10-12H2,1-4H3/t13-,16+/m0/s1. The Labute approximate surface area is 169 Å². The lowest BCUT2D eigenvalue weighted by Gasteiger charge is -2.38. The molecule has 0 N–H and O–H groups in total. The molecular weight excluding hydrogens is 376 g/mol. The fraction of sp³-hybridized carbons (Fsp3) is 0.524. The zero-order chi connectivity index (χ0) is 21.3. The smallest absolute Gasteiger partial charge is 0.411 e. The average molecular weight is 402 g/mol. The summed E-state index contributed by atoms with van der Waals surface area (Å²) in [6.07, 6.45) is 1.36. The minimum absolute atomic E-state index is 0.185. The Morgan fingerprint density at radius 2 is 1.69 bits per heavy atom. The minimum atomic E-state index is -0.923. The van der Waals surface area contributed by atoms with Gasteiger partial charge in [-0.25, -0.2) is 9.59 Å². The van der Waals surface area contributed by atoms with Gasteiger partial charge in [-0.2, -0.15) is 0 Å². The Morgan fingerprint density at radius 3 is 2.21 bits per heavy atom. The van der Waals surface area contributed by atoms with Gasteiger partial charge in [-0.1, -0.05) is 30.5 Å². The number of hydroxylamine groups is 2. The van der Waals surface area contributed by atoms with Crippen LogP contribution in [0.3, 0.4) is 0 Å². The van der Waals surface area contributed by atoms with Gasteiger partial charge in [-0.05, 0) is 51.7 Å². The molecule has 29 heavy (non-hydrogen) atoms. The van der Waals surface area contributed by atoms with Crippen molar-refractivity contribution in [1.82, 2.24) is 9.96 Å². The summed E-state index contributed by atoms with van der Waals surface area (Å²) < 4.78 is 5.42. The molecule has 0 aromatic heterocycles. The van der Waals surface area contributed by atoms with Gasteiger partial charge >= 0.3 is 12.1 Å². The molecule has 3 rings (SSSR count). The SMILES string of the molecule is CC[C@H]1CCN(C(=O)OC(C)(C)C)[C@@H](C(=O)ON2C(=O)c3ccccc3C2=O)C1. The van der Waals surface area contributed by atoms with Gasteiger partial charge in [0.15, 0.2) is 0 Å². The number of benzene rings is 1. The highest BCUT2D eigenvalue weighted by Crippen LogP contribution is 2.29. The first-order chi connectivity index (χ1) is 13.6. The Morgan fingerprint density at radius 1 is 1.10 bits per heavy atom. The van der Waals surface area contributed by atoms with Crippen molar-refractivity contribution in [3.8, 4) is 0 Å². The van der Waals surface area contributed by atoms with Crippen LogP contribution in [0.1, 0.15) is 67.7 Å². The molecule has 0 bridgehead atoms. The summed E-state index contributed by atoms with van der Waals surface area (Å²) in [5.74, 6) is -1.96. The van der Waals surface area contributed by atoms with Gasteiger partial charge in [0.05, 0.1) is 11.1 Å². The Balaban J connectivity index is 1.78. The number of carbonyl (C=O) groups is 4. The third-order valence-electron chi connectivity index (χ3n) is 5.13. The van der Waals surface area contributed by atoms with Gasteiger partial charge in [-0.15, -0.1) is 0 Å². The fourth-order valence-electron chi connectivity index (χ4n) is 3.57. The molecule has 2 heterocycles. The van der Waals surface area contributed by atoms with Crippen molar-refractivity contribution < 1.29 is 28.8 Å². The van der Waals surface area contributed by atoms with Crippen molar-refractivity contribution >= 4 is 23.9 Å². The van der Waals surface area contributed by atoms with Crippen LogP contribution in [0, 0.1) is 5.92 Å². The van der Waals surface area contributed by atoms with Crippen molar-refractivity contribution in [1.29, 1.82) is 0 Å². The van der Waals surface area contributed by atoms with Gasteiger partial charge < -0.3 is 9.57 Å². The molecule has 0 spiro atoms. The number of hydrogen-bond acceptors (Lipinski definition) is 6. The number of likely N-dealkylation sites (tertiary alicyclic amines) is 1. The van der Waals surface area contributed by atoms with Crippen LogP contribution in [0.25, 0.3) is 0 Å². The highest BCUT2D eigenvalue weighted by molar-refractivity contribution is 6.20. The predicted molar refractivity (Wildman–Crippen MR) is 103 cm³/mol. The van der Waals surface area contributed by atoms with Crippen LogP contribution < -0.4 is 0 Å². The number of rotatable bonds is 3. The van der Waals surface area contributed by atoms with Crippen molar-refractivity contribution in [3.05, 3.63) is 35.4 Å². The second-order valence-electron chi connectivity index (χ2n) is 8.35. The number of piperidine rings is 1. The molecule has 156 valence electrons. The van der Waals surface area contributed by atoms with E-state index in [1.54, 1.807) is 32.9 Å². The van der Waals surface area contributed by atoms with E-state index in [1.807, 2.05) is 6.92 Å². The van der Waals surface area contributed by atoms with Gasteiger partial charge in [0.1, 0.15) is 11.6 Å². The van der Waals surface area contributed by atoms with Crippen LogP contribution in [0.5, 0.6) is 0 Å². The lowest BCUT2D eigenvalue weighted by atomic mass is 9.89. The van der Waals surface area contributed by atoms with E-state index in [9.17, 15) is 19.2 Å². The van der Waals surface area contributed by atoms with Crippen LogP contribution in [0.4, 0.5) is 4.79 Å². The van der Waals surface area contributed by atoms with Crippen LogP contribution >= 0.6 is 0 Å². The van der Waals surface area contributed by atoms with E-state index in [2.05, 4.69) is 0 Å². The Hall–Kier alpha value is -2.90. The molecular formula is C21H26N2O6. The largest absolute Gasteiger partial charge is 0.444 e. The van der Waals surface area contributed by atoms with Crippen LogP contribution in [0.15, 0.2) is 24.3 Å². The first kappa shape index (κ1) is 20.8. The van der Waals surface area contributed by atoms with E-state index in [-0.39, 0.29) is 17.0 Å². The van der Waals surface area contributed by atoms with Crippen molar-refractivity contribution in [2.45, 2.75) is 58.6 Å². The molecule has 1 aromatic rings. The maximum Gasteiger partial charge on any atom is 0.411 e. The number of imide groups is 1. The zero-order valence-corrected chi connectivity index (χ0v) is 17.1. The molecule has 8 heteroatoms. The third-order valence-corrected chi connectivity index (χ3v) is 5.13. The number of hydrogen-bond donors (Lipinski definition) is 0.